The van der Waals surface area contributed by atoms with Gasteiger partial charge in [-0.25, -0.2) is 4.39 Å². The van der Waals surface area contributed by atoms with Crippen LogP contribution in [0.15, 0.2) is 42.5 Å². The molecule has 0 fully saturated rings. The van der Waals surface area contributed by atoms with Crippen LogP contribution in [0, 0.1) is 12.7 Å². The van der Waals surface area contributed by atoms with E-state index in [9.17, 15) is 4.39 Å². The lowest BCUT2D eigenvalue weighted by molar-refractivity contribution is 0.407. The topological polar surface area (TPSA) is 35.2 Å². The Hall–Kier alpha value is -1.87. The smallest absolute Gasteiger partial charge is 0.123 e. The number of halogens is 1. The number of ether oxygens (including phenoxy) is 1. The summed E-state index contributed by atoms with van der Waals surface area (Å²) in [6, 6.07) is 12.5. The van der Waals surface area contributed by atoms with Gasteiger partial charge in [0.1, 0.15) is 11.6 Å². The zero-order valence-corrected chi connectivity index (χ0v) is 11.2. The zero-order valence-electron chi connectivity index (χ0n) is 11.2. The summed E-state index contributed by atoms with van der Waals surface area (Å²) in [7, 11) is 1.65. The molecule has 2 aromatic carbocycles. The Labute approximate surface area is 113 Å². The number of aryl methyl sites for hydroxylation is 1. The molecule has 1 unspecified atom stereocenters. The van der Waals surface area contributed by atoms with E-state index in [1.54, 1.807) is 19.2 Å². The average Bonchev–Trinajstić information content (AvgIpc) is 2.42. The van der Waals surface area contributed by atoms with E-state index in [0.717, 1.165) is 22.4 Å². The van der Waals surface area contributed by atoms with Crippen molar-refractivity contribution in [2.24, 2.45) is 5.73 Å². The van der Waals surface area contributed by atoms with E-state index in [1.165, 1.54) is 12.1 Å². The molecule has 2 aromatic rings. The first-order valence-corrected chi connectivity index (χ1v) is 6.25. The molecule has 2 N–H and O–H groups in total. The highest BCUT2D eigenvalue weighted by atomic mass is 19.1. The van der Waals surface area contributed by atoms with Gasteiger partial charge in [-0.3, -0.25) is 0 Å². The molecule has 100 valence electrons. The second kappa shape index (κ2) is 5.85. The monoisotopic (exact) mass is 259 g/mol. The van der Waals surface area contributed by atoms with Gasteiger partial charge in [0.2, 0.25) is 0 Å². The number of hydrogen-bond donors (Lipinski definition) is 1. The highest BCUT2D eigenvalue weighted by Gasteiger charge is 2.17. The quantitative estimate of drug-likeness (QED) is 0.915. The number of nitrogens with two attached hydrogens (primary N) is 1. The molecule has 0 aliphatic carbocycles. The minimum absolute atomic E-state index is 0.00968. The molecule has 0 amide bonds. The Morgan fingerprint density at radius 2 is 1.84 bits per heavy atom. The molecule has 0 heterocycles. The van der Waals surface area contributed by atoms with E-state index in [1.807, 2.05) is 19.1 Å². The fraction of sp³-hybridized carbons (Fsp3) is 0.250. The third kappa shape index (κ3) is 2.93. The van der Waals surface area contributed by atoms with Crippen molar-refractivity contribution < 1.29 is 9.13 Å². The first kappa shape index (κ1) is 13.6. The fourth-order valence-corrected chi connectivity index (χ4v) is 2.26. The predicted octanol–water partition coefficient (Wildman–Crippen LogP) is 3.23. The largest absolute Gasteiger partial charge is 0.496 e. The Balaban J connectivity index is 2.47. The molecule has 19 heavy (non-hydrogen) atoms. The maximum absolute atomic E-state index is 13.0. The summed E-state index contributed by atoms with van der Waals surface area (Å²) in [4.78, 5) is 0. The van der Waals surface area contributed by atoms with E-state index >= 15 is 0 Å². The summed E-state index contributed by atoms with van der Waals surface area (Å²) in [5.74, 6) is 0.580. The summed E-state index contributed by atoms with van der Waals surface area (Å²) in [5.41, 5.74) is 9.08. The Morgan fingerprint density at radius 1 is 1.16 bits per heavy atom. The van der Waals surface area contributed by atoms with Gasteiger partial charge in [0, 0.05) is 18.0 Å². The minimum Gasteiger partial charge on any atom is -0.496 e. The molecular weight excluding hydrogens is 241 g/mol. The lowest BCUT2D eigenvalue weighted by Gasteiger charge is -2.19. The Bertz CT molecular complexity index is 551. The molecule has 0 aromatic heterocycles. The lowest BCUT2D eigenvalue weighted by atomic mass is 9.90. The molecule has 0 radical (unpaired) electrons. The van der Waals surface area contributed by atoms with E-state index in [2.05, 4.69) is 6.07 Å². The van der Waals surface area contributed by atoms with Crippen molar-refractivity contribution in [3.05, 3.63) is 65.0 Å². The van der Waals surface area contributed by atoms with Gasteiger partial charge < -0.3 is 10.5 Å². The van der Waals surface area contributed by atoms with Crippen LogP contribution in [-0.4, -0.2) is 13.7 Å². The second-order valence-corrected chi connectivity index (χ2v) is 4.59. The van der Waals surface area contributed by atoms with Crippen molar-refractivity contribution in [1.82, 2.24) is 0 Å². The van der Waals surface area contributed by atoms with Crippen molar-refractivity contribution in [2.45, 2.75) is 12.8 Å². The number of methoxy groups -OCH3 is 1. The maximum atomic E-state index is 13.0. The molecule has 2 rings (SSSR count). The number of hydrogen-bond acceptors (Lipinski definition) is 2. The molecule has 0 saturated heterocycles. The Morgan fingerprint density at radius 3 is 2.42 bits per heavy atom. The van der Waals surface area contributed by atoms with Crippen molar-refractivity contribution in [3.63, 3.8) is 0 Å². The van der Waals surface area contributed by atoms with Crippen LogP contribution in [0.2, 0.25) is 0 Å². The van der Waals surface area contributed by atoms with Crippen LogP contribution in [-0.2, 0) is 0 Å². The van der Waals surface area contributed by atoms with Gasteiger partial charge in [0.05, 0.1) is 7.11 Å². The van der Waals surface area contributed by atoms with Crippen LogP contribution < -0.4 is 10.5 Å². The van der Waals surface area contributed by atoms with Gasteiger partial charge in [-0.15, -0.1) is 0 Å². The number of rotatable bonds is 4. The van der Waals surface area contributed by atoms with Gasteiger partial charge in [0.25, 0.3) is 0 Å². The molecular formula is C16H18FNO. The van der Waals surface area contributed by atoms with Crippen molar-refractivity contribution in [1.29, 1.82) is 0 Å². The van der Waals surface area contributed by atoms with E-state index in [4.69, 9.17) is 10.5 Å². The summed E-state index contributed by atoms with van der Waals surface area (Å²) >= 11 is 0. The maximum Gasteiger partial charge on any atom is 0.123 e. The van der Waals surface area contributed by atoms with E-state index in [-0.39, 0.29) is 11.7 Å². The standard InChI is InChI=1S/C16H18FNO/c1-11-3-8-16(19-2)14(9-11)15(10-18)12-4-6-13(17)7-5-12/h3-9,15H,10,18H2,1-2H3. The summed E-state index contributed by atoms with van der Waals surface area (Å²) in [6.45, 7) is 2.48. The van der Waals surface area contributed by atoms with Gasteiger partial charge in [-0.2, -0.15) is 0 Å². The molecule has 0 bridgehead atoms. The third-order valence-corrected chi connectivity index (χ3v) is 3.27. The second-order valence-electron chi connectivity index (χ2n) is 4.59. The zero-order chi connectivity index (χ0) is 13.8. The summed E-state index contributed by atoms with van der Waals surface area (Å²) in [6.07, 6.45) is 0. The van der Waals surface area contributed by atoms with Crippen LogP contribution in [0.1, 0.15) is 22.6 Å². The highest BCUT2D eigenvalue weighted by molar-refractivity contribution is 5.44. The molecule has 0 aliphatic heterocycles. The van der Waals surface area contributed by atoms with Crippen LogP contribution in [0.25, 0.3) is 0 Å². The van der Waals surface area contributed by atoms with Crippen molar-refractivity contribution in [2.75, 3.05) is 13.7 Å². The minimum atomic E-state index is -0.240. The van der Waals surface area contributed by atoms with Crippen molar-refractivity contribution in [3.8, 4) is 5.75 Å². The molecule has 0 spiro atoms. The van der Waals surface area contributed by atoms with E-state index < -0.39 is 0 Å². The normalized spacial score (nSPS) is 12.2. The third-order valence-electron chi connectivity index (χ3n) is 3.27. The summed E-state index contributed by atoms with van der Waals surface area (Å²) < 4.78 is 18.4. The first-order valence-electron chi connectivity index (χ1n) is 6.25. The first-order chi connectivity index (χ1) is 9.15. The number of benzene rings is 2. The Kier molecular flexibility index (Phi) is 4.17. The van der Waals surface area contributed by atoms with E-state index in [0.29, 0.717) is 6.54 Å². The van der Waals surface area contributed by atoms with Crippen LogP contribution in [0.4, 0.5) is 4.39 Å². The van der Waals surface area contributed by atoms with Crippen LogP contribution in [0.3, 0.4) is 0 Å². The SMILES string of the molecule is COc1ccc(C)cc1C(CN)c1ccc(F)cc1. The molecule has 2 nitrogen and oxygen atoms in total. The molecule has 0 saturated carbocycles. The molecule has 1 atom stereocenters. The van der Waals surface area contributed by atoms with Crippen LogP contribution in [0.5, 0.6) is 5.75 Å². The lowest BCUT2D eigenvalue weighted by Crippen LogP contribution is -2.15. The van der Waals surface area contributed by atoms with Crippen molar-refractivity contribution >= 4 is 0 Å². The predicted molar refractivity (Wildman–Crippen MR) is 75.0 cm³/mol. The fourth-order valence-electron chi connectivity index (χ4n) is 2.26. The van der Waals surface area contributed by atoms with Gasteiger partial charge >= 0.3 is 0 Å². The molecule has 3 heteroatoms. The van der Waals surface area contributed by atoms with Crippen LogP contribution >= 0.6 is 0 Å². The van der Waals surface area contributed by atoms with Gasteiger partial charge in [0.15, 0.2) is 0 Å². The van der Waals surface area contributed by atoms with Gasteiger partial charge in [-0.1, -0.05) is 29.8 Å². The van der Waals surface area contributed by atoms with Gasteiger partial charge in [-0.05, 0) is 30.7 Å². The molecule has 0 aliphatic rings. The average molecular weight is 259 g/mol. The summed E-state index contributed by atoms with van der Waals surface area (Å²) in [5, 5.41) is 0. The highest BCUT2D eigenvalue weighted by Crippen LogP contribution is 2.32.